The van der Waals surface area contributed by atoms with Gasteiger partial charge in [-0.05, 0) is 63.6 Å². The third-order valence-electron chi connectivity index (χ3n) is 5.41. The van der Waals surface area contributed by atoms with Crippen LogP contribution in [-0.4, -0.2) is 36.9 Å². The number of hydrogen-bond acceptors (Lipinski definition) is 5. The van der Waals surface area contributed by atoms with Crippen molar-refractivity contribution < 1.29 is 19.1 Å². The summed E-state index contributed by atoms with van der Waals surface area (Å²) >= 11 is 6.30. The van der Waals surface area contributed by atoms with Crippen molar-refractivity contribution in [3.8, 4) is 0 Å². The van der Waals surface area contributed by atoms with Gasteiger partial charge in [-0.25, -0.2) is 9.59 Å². The second-order valence-electron chi connectivity index (χ2n) is 8.98. The lowest BCUT2D eigenvalue weighted by Crippen LogP contribution is -2.62. The van der Waals surface area contributed by atoms with Crippen LogP contribution in [0.15, 0.2) is 18.2 Å². The van der Waals surface area contributed by atoms with Crippen molar-refractivity contribution in [3.05, 3.63) is 28.8 Å². The Kier molecular flexibility index (Phi) is 6.54. The quantitative estimate of drug-likeness (QED) is 0.677. The van der Waals surface area contributed by atoms with Crippen molar-refractivity contribution in [3.63, 3.8) is 0 Å². The molecule has 28 heavy (non-hydrogen) atoms. The first-order valence-electron chi connectivity index (χ1n) is 9.49. The highest BCUT2D eigenvalue weighted by Crippen LogP contribution is 2.48. The molecule has 1 aromatic rings. The summed E-state index contributed by atoms with van der Waals surface area (Å²) in [6.07, 6.45) is 0.438. The minimum atomic E-state index is -0.520. The number of nitrogens with one attached hydrogen (secondary N) is 2. The Bertz CT molecular complexity index is 742. The van der Waals surface area contributed by atoms with Crippen LogP contribution in [0, 0.1) is 11.3 Å². The molecule has 0 heterocycles. The molecular weight excluding hydrogens is 380 g/mol. The lowest BCUT2D eigenvalue weighted by molar-refractivity contribution is -0.00858. The van der Waals surface area contributed by atoms with E-state index in [0.29, 0.717) is 22.2 Å². The Morgan fingerprint density at radius 2 is 1.93 bits per heavy atom. The molecule has 6 nitrogen and oxygen atoms in total. The van der Waals surface area contributed by atoms with Gasteiger partial charge in [0.2, 0.25) is 0 Å². The molecule has 0 aromatic heterocycles. The van der Waals surface area contributed by atoms with Gasteiger partial charge in [-0.2, -0.15) is 0 Å². The summed E-state index contributed by atoms with van der Waals surface area (Å²) < 4.78 is 10.1. The lowest BCUT2D eigenvalue weighted by atomic mass is 9.56. The number of carbonyl (C=O) groups is 2. The number of amides is 1. The molecule has 0 aliphatic heterocycles. The minimum absolute atomic E-state index is 0.0356. The lowest BCUT2D eigenvalue weighted by Gasteiger charge is -2.54. The number of hydrogen-bond donors (Lipinski definition) is 2. The molecule has 0 bridgehead atoms. The fraction of sp³-hybridized carbons (Fsp3) is 0.619. The first-order valence-corrected chi connectivity index (χ1v) is 9.87. The molecular formula is C21H31ClN2O4. The van der Waals surface area contributed by atoms with Crippen LogP contribution >= 0.6 is 11.6 Å². The molecule has 3 atom stereocenters. The highest BCUT2D eigenvalue weighted by atomic mass is 35.5. The van der Waals surface area contributed by atoms with Crippen LogP contribution in [-0.2, 0) is 9.47 Å². The largest absolute Gasteiger partial charge is 0.465 e. The van der Waals surface area contributed by atoms with Crippen molar-refractivity contribution in [1.82, 2.24) is 5.32 Å². The number of esters is 1. The number of methoxy groups -OCH3 is 1. The predicted molar refractivity (Wildman–Crippen MR) is 111 cm³/mol. The standard InChI is InChI=1S/C21H31ClN2O4/c1-12(23-16-10-13(18(25)27-7)8-9-15(16)22)14-11-17(21(14,5)6)24-19(26)28-20(2,3)4/h8-10,12,14,17,23H,11H2,1-7H3,(H,24,26)/t12-,14-,17-/m0/s1. The fourth-order valence-corrected chi connectivity index (χ4v) is 3.90. The molecule has 1 amide bonds. The molecule has 1 fully saturated rings. The van der Waals surface area contributed by atoms with E-state index in [1.165, 1.54) is 7.11 Å². The molecule has 1 saturated carbocycles. The Labute approximate surface area is 172 Å². The summed E-state index contributed by atoms with van der Waals surface area (Å²) in [5.74, 6) is -0.0942. The van der Waals surface area contributed by atoms with Gasteiger partial charge in [0.1, 0.15) is 5.60 Å². The van der Waals surface area contributed by atoms with E-state index in [2.05, 4.69) is 31.4 Å². The number of alkyl carbamates (subject to hydrolysis) is 1. The van der Waals surface area contributed by atoms with E-state index < -0.39 is 17.7 Å². The number of rotatable bonds is 5. The molecule has 1 aromatic carbocycles. The average molecular weight is 411 g/mol. The van der Waals surface area contributed by atoms with E-state index in [9.17, 15) is 9.59 Å². The normalized spacial score (nSPS) is 21.9. The molecule has 156 valence electrons. The van der Waals surface area contributed by atoms with Crippen LogP contribution < -0.4 is 10.6 Å². The maximum Gasteiger partial charge on any atom is 0.407 e. The van der Waals surface area contributed by atoms with Gasteiger partial charge < -0.3 is 20.1 Å². The van der Waals surface area contributed by atoms with E-state index in [0.717, 1.165) is 6.42 Å². The molecule has 2 N–H and O–H groups in total. The van der Waals surface area contributed by atoms with Crippen LogP contribution in [0.25, 0.3) is 0 Å². The van der Waals surface area contributed by atoms with Crippen molar-refractivity contribution in [2.45, 2.75) is 65.6 Å². The highest BCUT2D eigenvalue weighted by molar-refractivity contribution is 6.33. The Balaban J connectivity index is 2.02. The number of carbonyl (C=O) groups excluding carboxylic acids is 2. The van der Waals surface area contributed by atoms with Crippen LogP contribution in [0.3, 0.4) is 0 Å². The Hall–Kier alpha value is -1.95. The Morgan fingerprint density at radius 1 is 1.29 bits per heavy atom. The second kappa shape index (κ2) is 8.19. The van der Waals surface area contributed by atoms with Crippen molar-refractivity contribution in [2.75, 3.05) is 12.4 Å². The molecule has 0 unspecified atom stereocenters. The number of anilines is 1. The van der Waals surface area contributed by atoms with E-state index in [1.54, 1.807) is 18.2 Å². The zero-order valence-electron chi connectivity index (χ0n) is 17.7. The van der Waals surface area contributed by atoms with Gasteiger partial charge in [-0.3, -0.25) is 0 Å². The van der Waals surface area contributed by atoms with Gasteiger partial charge in [0, 0.05) is 12.1 Å². The maximum absolute atomic E-state index is 12.1. The number of halogens is 1. The van der Waals surface area contributed by atoms with Crippen LogP contribution in [0.1, 0.15) is 58.3 Å². The monoisotopic (exact) mass is 410 g/mol. The molecule has 0 radical (unpaired) electrons. The fourth-order valence-electron chi connectivity index (χ4n) is 3.73. The van der Waals surface area contributed by atoms with E-state index >= 15 is 0 Å². The van der Waals surface area contributed by atoms with Crippen molar-refractivity contribution in [1.29, 1.82) is 0 Å². The second-order valence-corrected chi connectivity index (χ2v) is 9.39. The average Bonchev–Trinajstić information content (AvgIpc) is 2.57. The SMILES string of the molecule is COC(=O)c1ccc(Cl)c(N[C@@H](C)[C@@H]2C[C@H](NC(=O)OC(C)(C)C)C2(C)C)c1. The smallest absolute Gasteiger partial charge is 0.407 e. The van der Waals surface area contributed by atoms with Gasteiger partial charge in [-0.15, -0.1) is 0 Å². The van der Waals surface area contributed by atoms with Crippen LogP contribution in [0.4, 0.5) is 10.5 Å². The van der Waals surface area contributed by atoms with Crippen molar-refractivity contribution >= 4 is 29.4 Å². The first-order chi connectivity index (χ1) is 12.8. The third-order valence-corrected chi connectivity index (χ3v) is 5.74. The van der Waals surface area contributed by atoms with Gasteiger partial charge in [0.25, 0.3) is 0 Å². The summed E-state index contributed by atoms with van der Waals surface area (Å²) in [5.41, 5.74) is 0.499. The predicted octanol–water partition coefficient (Wildman–Crippen LogP) is 4.87. The molecule has 0 spiro atoms. The van der Waals surface area contributed by atoms with Gasteiger partial charge in [-0.1, -0.05) is 25.4 Å². The molecule has 0 saturated heterocycles. The van der Waals surface area contributed by atoms with E-state index in [-0.39, 0.29) is 17.5 Å². The minimum Gasteiger partial charge on any atom is -0.465 e. The van der Waals surface area contributed by atoms with E-state index in [4.69, 9.17) is 21.1 Å². The van der Waals surface area contributed by atoms with Gasteiger partial charge >= 0.3 is 12.1 Å². The first kappa shape index (κ1) is 22.3. The van der Waals surface area contributed by atoms with Crippen molar-refractivity contribution in [2.24, 2.45) is 11.3 Å². The molecule has 2 rings (SSSR count). The highest BCUT2D eigenvalue weighted by Gasteiger charge is 2.51. The zero-order chi connectivity index (χ0) is 21.3. The number of ether oxygens (including phenoxy) is 2. The summed E-state index contributed by atoms with van der Waals surface area (Å²) in [5, 5.41) is 6.94. The molecule has 7 heteroatoms. The molecule has 1 aliphatic carbocycles. The van der Waals surface area contributed by atoms with Crippen LogP contribution in [0.2, 0.25) is 5.02 Å². The van der Waals surface area contributed by atoms with Crippen LogP contribution in [0.5, 0.6) is 0 Å². The summed E-state index contributed by atoms with van der Waals surface area (Å²) in [6, 6.07) is 5.15. The summed E-state index contributed by atoms with van der Waals surface area (Å²) in [6.45, 7) is 11.9. The molecule has 1 aliphatic rings. The van der Waals surface area contributed by atoms with Gasteiger partial charge in [0.15, 0.2) is 0 Å². The topological polar surface area (TPSA) is 76.7 Å². The number of benzene rings is 1. The van der Waals surface area contributed by atoms with E-state index in [1.807, 2.05) is 20.8 Å². The maximum atomic E-state index is 12.1. The van der Waals surface area contributed by atoms with Gasteiger partial charge in [0.05, 0.1) is 23.4 Å². The zero-order valence-corrected chi connectivity index (χ0v) is 18.4. The third kappa shape index (κ3) is 5.10. The summed E-state index contributed by atoms with van der Waals surface area (Å²) in [4.78, 5) is 23.8. The summed E-state index contributed by atoms with van der Waals surface area (Å²) in [7, 11) is 1.35. The Morgan fingerprint density at radius 3 is 2.46 bits per heavy atom.